The molecule has 1 amide bonds. The standard InChI is InChI=1S/C19H24N2O2S/c1-14-8-10-24-18(14)19(23)20-17-12-21(9-7-16(17)13-22)11-15-5-3-2-4-6-15/h2-6,8,10,16-17,22H,7,9,11-13H2,1H3,(H,20,23). The van der Waals surface area contributed by atoms with Crippen LogP contribution in [-0.4, -0.2) is 41.7 Å². The van der Waals surface area contributed by atoms with Gasteiger partial charge in [0, 0.05) is 31.7 Å². The fourth-order valence-corrected chi connectivity index (χ4v) is 4.10. The van der Waals surface area contributed by atoms with Gasteiger partial charge in [-0.15, -0.1) is 11.3 Å². The maximum absolute atomic E-state index is 12.5. The summed E-state index contributed by atoms with van der Waals surface area (Å²) in [5.74, 6) is 0.105. The van der Waals surface area contributed by atoms with Crippen LogP contribution in [0.1, 0.15) is 27.2 Å². The van der Waals surface area contributed by atoms with Gasteiger partial charge in [0.15, 0.2) is 0 Å². The van der Waals surface area contributed by atoms with Crippen molar-refractivity contribution in [1.82, 2.24) is 10.2 Å². The van der Waals surface area contributed by atoms with E-state index in [1.165, 1.54) is 16.9 Å². The van der Waals surface area contributed by atoms with E-state index in [1.807, 2.05) is 24.4 Å². The van der Waals surface area contributed by atoms with E-state index >= 15 is 0 Å². The van der Waals surface area contributed by atoms with Crippen molar-refractivity contribution in [3.05, 3.63) is 57.8 Å². The molecule has 0 spiro atoms. The van der Waals surface area contributed by atoms with Crippen LogP contribution < -0.4 is 5.32 Å². The van der Waals surface area contributed by atoms with Gasteiger partial charge in [0.25, 0.3) is 5.91 Å². The van der Waals surface area contributed by atoms with Gasteiger partial charge in [-0.25, -0.2) is 0 Å². The van der Waals surface area contributed by atoms with E-state index in [1.54, 1.807) is 0 Å². The molecule has 1 aromatic heterocycles. The van der Waals surface area contributed by atoms with Crippen molar-refractivity contribution in [3.8, 4) is 0 Å². The van der Waals surface area contributed by atoms with Crippen molar-refractivity contribution in [2.24, 2.45) is 5.92 Å². The largest absolute Gasteiger partial charge is 0.396 e. The molecule has 1 aromatic carbocycles. The van der Waals surface area contributed by atoms with Crippen LogP contribution in [-0.2, 0) is 6.54 Å². The minimum atomic E-state index is -0.0208. The van der Waals surface area contributed by atoms with Crippen LogP contribution in [0, 0.1) is 12.8 Å². The number of thiophene rings is 1. The smallest absolute Gasteiger partial charge is 0.261 e. The lowest BCUT2D eigenvalue weighted by Gasteiger charge is -2.38. The molecule has 5 heteroatoms. The molecule has 3 rings (SSSR count). The molecule has 1 fully saturated rings. The number of hydrogen-bond acceptors (Lipinski definition) is 4. The van der Waals surface area contributed by atoms with Crippen LogP contribution in [0.4, 0.5) is 0 Å². The highest BCUT2D eigenvalue weighted by Gasteiger charge is 2.30. The predicted molar refractivity (Wildman–Crippen MR) is 97.2 cm³/mol. The highest BCUT2D eigenvalue weighted by Crippen LogP contribution is 2.21. The van der Waals surface area contributed by atoms with Crippen molar-refractivity contribution >= 4 is 17.2 Å². The topological polar surface area (TPSA) is 52.6 Å². The van der Waals surface area contributed by atoms with Crippen LogP contribution in [0.15, 0.2) is 41.8 Å². The molecular weight excluding hydrogens is 320 g/mol. The van der Waals surface area contributed by atoms with Gasteiger partial charge < -0.3 is 10.4 Å². The van der Waals surface area contributed by atoms with Gasteiger partial charge in [0.1, 0.15) is 0 Å². The second-order valence-electron chi connectivity index (χ2n) is 6.46. The van der Waals surface area contributed by atoms with Gasteiger partial charge in [-0.2, -0.15) is 0 Å². The lowest BCUT2D eigenvalue weighted by molar-refractivity contribution is 0.0733. The predicted octanol–water partition coefficient (Wildman–Crippen LogP) is 2.67. The number of aryl methyl sites for hydroxylation is 1. The van der Waals surface area contributed by atoms with E-state index < -0.39 is 0 Å². The summed E-state index contributed by atoms with van der Waals surface area (Å²) in [6.07, 6.45) is 0.900. The number of benzene rings is 1. The van der Waals surface area contributed by atoms with E-state index in [2.05, 4.69) is 34.5 Å². The zero-order chi connectivity index (χ0) is 16.9. The molecule has 0 aliphatic carbocycles. The van der Waals surface area contributed by atoms with Gasteiger partial charge in [-0.05, 0) is 42.5 Å². The molecular formula is C19H24N2O2S. The zero-order valence-electron chi connectivity index (χ0n) is 13.9. The molecule has 2 N–H and O–H groups in total. The molecule has 0 bridgehead atoms. The van der Waals surface area contributed by atoms with E-state index in [4.69, 9.17) is 0 Å². The number of nitrogens with one attached hydrogen (secondary N) is 1. The van der Waals surface area contributed by atoms with E-state index in [0.29, 0.717) is 0 Å². The number of piperidine rings is 1. The van der Waals surface area contributed by atoms with Crippen LogP contribution in [0.3, 0.4) is 0 Å². The molecule has 0 saturated carbocycles. The van der Waals surface area contributed by atoms with Crippen molar-refractivity contribution < 1.29 is 9.90 Å². The number of nitrogens with zero attached hydrogens (tertiary/aromatic N) is 1. The number of aliphatic hydroxyl groups excluding tert-OH is 1. The Kier molecular flexibility index (Phi) is 5.66. The van der Waals surface area contributed by atoms with E-state index in [0.717, 1.165) is 36.5 Å². The molecule has 2 heterocycles. The van der Waals surface area contributed by atoms with Gasteiger partial charge in [-0.3, -0.25) is 9.69 Å². The number of aliphatic hydroxyl groups is 1. The Morgan fingerprint density at radius 2 is 2.12 bits per heavy atom. The molecule has 0 radical (unpaired) electrons. The van der Waals surface area contributed by atoms with Gasteiger partial charge in [-0.1, -0.05) is 30.3 Å². The summed E-state index contributed by atoms with van der Waals surface area (Å²) in [6.45, 7) is 4.68. The Morgan fingerprint density at radius 3 is 2.79 bits per heavy atom. The van der Waals surface area contributed by atoms with Crippen molar-refractivity contribution in [2.45, 2.75) is 25.9 Å². The average Bonchev–Trinajstić information content (AvgIpc) is 3.02. The van der Waals surface area contributed by atoms with Crippen LogP contribution in [0.25, 0.3) is 0 Å². The minimum absolute atomic E-state index is 0.0125. The first kappa shape index (κ1) is 17.1. The minimum Gasteiger partial charge on any atom is -0.396 e. The summed E-state index contributed by atoms with van der Waals surface area (Å²) in [4.78, 5) is 15.6. The Hall–Kier alpha value is -1.69. The quantitative estimate of drug-likeness (QED) is 0.877. The summed E-state index contributed by atoms with van der Waals surface area (Å²) < 4.78 is 0. The highest BCUT2D eigenvalue weighted by molar-refractivity contribution is 7.12. The molecule has 2 atom stereocenters. The number of rotatable bonds is 5. The molecule has 1 aliphatic rings. The van der Waals surface area contributed by atoms with Crippen LogP contribution in [0.5, 0.6) is 0 Å². The first-order valence-corrected chi connectivity index (χ1v) is 9.27. The van der Waals surface area contributed by atoms with Crippen molar-refractivity contribution in [2.75, 3.05) is 19.7 Å². The molecule has 1 aliphatic heterocycles. The first-order chi connectivity index (χ1) is 11.7. The lowest BCUT2D eigenvalue weighted by atomic mass is 9.91. The third-order valence-electron chi connectivity index (χ3n) is 4.71. The maximum atomic E-state index is 12.5. The Morgan fingerprint density at radius 1 is 1.33 bits per heavy atom. The molecule has 1 saturated heterocycles. The second-order valence-corrected chi connectivity index (χ2v) is 7.38. The monoisotopic (exact) mass is 344 g/mol. The Labute approximate surface area is 147 Å². The Bertz CT molecular complexity index is 671. The van der Waals surface area contributed by atoms with Crippen molar-refractivity contribution in [3.63, 3.8) is 0 Å². The summed E-state index contributed by atoms with van der Waals surface area (Å²) in [5.41, 5.74) is 2.29. The normalized spacial score (nSPS) is 21.6. The molecule has 2 unspecified atom stereocenters. The third kappa shape index (κ3) is 4.04. The first-order valence-electron chi connectivity index (χ1n) is 8.39. The fourth-order valence-electron chi connectivity index (χ4n) is 3.27. The molecule has 2 aromatic rings. The fraction of sp³-hybridized carbons (Fsp3) is 0.421. The Balaban J connectivity index is 1.65. The van der Waals surface area contributed by atoms with Crippen LogP contribution >= 0.6 is 11.3 Å². The maximum Gasteiger partial charge on any atom is 0.261 e. The number of likely N-dealkylation sites (tertiary alicyclic amines) is 1. The van der Waals surface area contributed by atoms with E-state index in [9.17, 15) is 9.90 Å². The molecule has 24 heavy (non-hydrogen) atoms. The highest BCUT2D eigenvalue weighted by atomic mass is 32.1. The van der Waals surface area contributed by atoms with Gasteiger partial charge in [0.05, 0.1) is 4.88 Å². The number of carbonyl (C=O) groups is 1. The van der Waals surface area contributed by atoms with Gasteiger partial charge in [0.2, 0.25) is 0 Å². The number of carbonyl (C=O) groups excluding carboxylic acids is 1. The number of amides is 1. The summed E-state index contributed by atoms with van der Waals surface area (Å²) in [6, 6.07) is 12.3. The summed E-state index contributed by atoms with van der Waals surface area (Å²) in [5, 5.41) is 14.8. The number of hydrogen-bond donors (Lipinski definition) is 2. The zero-order valence-corrected chi connectivity index (χ0v) is 14.8. The SMILES string of the molecule is Cc1ccsc1C(=O)NC1CN(Cc2ccccc2)CCC1CO. The van der Waals surface area contributed by atoms with Crippen molar-refractivity contribution in [1.29, 1.82) is 0 Å². The average molecular weight is 344 g/mol. The van der Waals surface area contributed by atoms with Crippen LogP contribution in [0.2, 0.25) is 0 Å². The van der Waals surface area contributed by atoms with Gasteiger partial charge >= 0.3 is 0 Å². The lowest BCUT2D eigenvalue weighted by Crippen LogP contribution is -2.53. The molecule has 128 valence electrons. The van der Waals surface area contributed by atoms with E-state index in [-0.39, 0.29) is 24.5 Å². The summed E-state index contributed by atoms with van der Waals surface area (Å²) in [7, 11) is 0. The third-order valence-corrected chi connectivity index (χ3v) is 5.72. The molecule has 4 nitrogen and oxygen atoms in total. The second kappa shape index (κ2) is 7.92. The summed E-state index contributed by atoms with van der Waals surface area (Å²) >= 11 is 1.47.